The van der Waals surface area contributed by atoms with Crippen molar-refractivity contribution in [2.24, 2.45) is 0 Å². The minimum atomic E-state index is -0.543. The van der Waals surface area contributed by atoms with Crippen LogP contribution in [0.25, 0.3) is 0 Å². The number of hydrogen-bond donors (Lipinski definition) is 3. The van der Waals surface area contributed by atoms with Gasteiger partial charge in [-0.05, 0) is 20.8 Å². The van der Waals surface area contributed by atoms with Crippen LogP contribution in [0.15, 0.2) is 36.5 Å². The first-order valence-corrected chi connectivity index (χ1v) is 8.23. The first-order valence-electron chi connectivity index (χ1n) is 8.23. The van der Waals surface area contributed by atoms with Gasteiger partial charge >= 0.3 is 0 Å². The zero-order chi connectivity index (χ0) is 20.8. The fourth-order valence-corrected chi connectivity index (χ4v) is 1.44. The van der Waals surface area contributed by atoms with E-state index >= 15 is 0 Å². The molecule has 0 radical (unpaired) electrons. The molecule has 0 aliphatic carbocycles. The molecule has 0 fully saturated rings. The van der Waals surface area contributed by atoms with E-state index in [2.05, 4.69) is 35.7 Å². The maximum absolute atomic E-state index is 11.5. The first kappa shape index (κ1) is 24.5. The van der Waals surface area contributed by atoms with Gasteiger partial charge in [0.1, 0.15) is 26.3 Å². The molecule has 0 atom stereocenters. The van der Waals surface area contributed by atoms with Crippen LogP contribution in [-0.2, 0) is 28.6 Å². The Kier molecular flexibility index (Phi) is 12.4. The van der Waals surface area contributed by atoms with Crippen LogP contribution in [-0.4, -0.2) is 57.2 Å². The quantitative estimate of drug-likeness (QED) is 0.227. The smallest absolute Gasteiger partial charge is 0.248 e. The molecule has 0 heterocycles. The van der Waals surface area contributed by atoms with Gasteiger partial charge in [0, 0.05) is 16.7 Å². The Morgan fingerprint density at radius 2 is 1.04 bits per heavy atom. The largest absolute Gasteiger partial charge is 0.358 e. The third-order valence-corrected chi connectivity index (χ3v) is 2.99. The van der Waals surface area contributed by atoms with Crippen molar-refractivity contribution >= 4 is 17.7 Å². The van der Waals surface area contributed by atoms with Gasteiger partial charge in [-0.25, -0.2) is 0 Å². The van der Waals surface area contributed by atoms with Crippen LogP contribution in [0.3, 0.4) is 0 Å². The van der Waals surface area contributed by atoms with Crippen LogP contribution in [0.4, 0.5) is 0 Å². The van der Waals surface area contributed by atoms with Crippen LogP contribution < -0.4 is 16.0 Å². The van der Waals surface area contributed by atoms with Crippen LogP contribution in [0, 0.1) is 0 Å². The second-order valence-electron chi connectivity index (χ2n) is 5.82. The minimum Gasteiger partial charge on any atom is -0.358 e. The van der Waals surface area contributed by atoms with Crippen molar-refractivity contribution in [1.29, 1.82) is 0 Å². The van der Waals surface area contributed by atoms with Crippen LogP contribution >= 0.6 is 0 Å². The molecule has 152 valence electrons. The molecule has 0 aromatic carbocycles. The number of nitrogens with one attached hydrogen (secondary N) is 3. The Morgan fingerprint density at radius 3 is 1.37 bits per heavy atom. The summed E-state index contributed by atoms with van der Waals surface area (Å²) in [7, 11) is 0. The van der Waals surface area contributed by atoms with Gasteiger partial charge in [0.2, 0.25) is 17.7 Å². The van der Waals surface area contributed by atoms with Gasteiger partial charge in [-0.2, -0.15) is 0 Å². The molecular weight excluding hydrogens is 354 g/mol. The molecule has 0 aliphatic heterocycles. The lowest BCUT2D eigenvalue weighted by atomic mass is 10.3. The highest BCUT2D eigenvalue weighted by molar-refractivity contribution is 5.92. The molecule has 0 unspecified atom stereocenters. The summed E-state index contributed by atoms with van der Waals surface area (Å²) in [5.41, 5.74) is 1.09. The number of amides is 3. The summed E-state index contributed by atoms with van der Waals surface area (Å²) in [6, 6.07) is 0. The zero-order valence-electron chi connectivity index (χ0n) is 16.2. The molecule has 9 nitrogen and oxygen atoms in total. The molecule has 0 saturated heterocycles. The number of hydrogen-bond acceptors (Lipinski definition) is 6. The van der Waals surface area contributed by atoms with E-state index in [1.165, 1.54) is 0 Å². The molecule has 0 rings (SSSR count). The van der Waals surface area contributed by atoms with Crippen molar-refractivity contribution in [1.82, 2.24) is 16.0 Å². The van der Waals surface area contributed by atoms with Gasteiger partial charge in [0.15, 0.2) is 0 Å². The van der Waals surface area contributed by atoms with Crippen molar-refractivity contribution < 1.29 is 28.6 Å². The lowest BCUT2D eigenvalue weighted by Crippen LogP contribution is -2.36. The second kappa shape index (κ2) is 13.7. The minimum absolute atomic E-state index is 0.0317. The second-order valence-corrected chi connectivity index (χ2v) is 5.82. The standard InChI is InChI=1S/C18H29N3O6/c1-12(2)16(22)19-9-25-7-15(27-11-21-18(24)14(5)6)8-26-10-20-17(23)13(3)4/h15H,1,3,5,7-11H2,2,4,6H3,(H,19,22)(H,20,23)(H,21,24). The predicted octanol–water partition coefficient (Wildman–Crippen LogP) is 0.354. The number of rotatable bonds is 14. The van der Waals surface area contributed by atoms with E-state index in [0.29, 0.717) is 16.7 Å². The summed E-state index contributed by atoms with van der Waals surface area (Å²) in [4.78, 5) is 34.2. The average molecular weight is 383 g/mol. The van der Waals surface area contributed by atoms with Gasteiger partial charge in [0.05, 0.1) is 13.2 Å². The van der Waals surface area contributed by atoms with Crippen molar-refractivity contribution in [3.63, 3.8) is 0 Å². The highest BCUT2D eigenvalue weighted by atomic mass is 16.6. The van der Waals surface area contributed by atoms with E-state index in [1.807, 2.05) is 0 Å². The van der Waals surface area contributed by atoms with Crippen LogP contribution in [0.5, 0.6) is 0 Å². The van der Waals surface area contributed by atoms with Crippen LogP contribution in [0.2, 0.25) is 0 Å². The molecule has 27 heavy (non-hydrogen) atoms. The lowest BCUT2D eigenvalue weighted by molar-refractivity contribution is -0.125. The summed E-state index contributed by atoms with van der Waals surface area (Å²) in [6.07, 6.45) is -0.543. The molecule has 0 aliphatic rings. The molecule has 0 bridgehead atoms. The summed E-state index contributed by atoms with van der Waals surface area (Å²) < 4.78 is 16.1. The number of ether oxygens (including phenoxy) is 3. The molecule has 0 aromatic heterocycles. The molecule has 9 heteroatoms. The van der Waals surface area contributed by atoms with Gasteiger partial charge in [-0.3, -0.25) is 14.4 Å². The Balaban J connectivity index is 4.30. The maximum atomic E-state index is 11.5. The Hall–Kier alpha value is -2.49. The maximum Gasteiger partial charge on any atom is 0.248 e. The van der Waals surface area contributed by atoms with Gasteiger partial charge in [-0.1, -0.05) is 19.7 Å². The van der Waals surface area contributed by atoms with E-state index in [4.69, 9.17) is 14.2 Å². The fourth-order valence-electron chi connectivity index (χ4n) is 1.44. The molecular formula is C18H29N3O6. The average Bonchev–Trinajstić information content (AvgIpc) is 2.60. The molecule has 3 N–H and O–H groups in total. The molecule has 0 spiro atoms. The van der Waals surface area contributed by atoms with E-state index in [9.17, 15) is 14.4 Å². The Labute approximate surface area is 159 Å². The van der Waals surface area contributed by atoms with E-state index < -0.39 is 6.10 Å². The molecule has 0 aromatic rings. The van der Waals surface area contributed by atoms with Gasteiger partial charge < -0.3 is 30.2 Å². The Morgan fingerprint density at radius 1 is 0.704 bits per heavy atom. The Bertz CT molecular complexity index is 539. The lowest BCUT2D eigenvalue weighted by Gasteiger charge is -2.19. The van der Waals surface area contributed by atoms with Crippen molar-refractivity contribution in [3.8, 4) is 0 Å². The van der Waals surface area contributed by atoms with Crippen molar-refractivity contribution in [2.45, 2.75) is 26.9 Å². The SMILES string of the molecule is C=C(C)C(=O)NCOCC(COCNC(=O)C(=C)C)OCNC(=O)C(=C)C. The van der Waals surface area contributed by atoms with E-state index in [0.717, 1.165) is 0 Å². The summed E-state index contributed by atoms with van der Waals surface area (Å²) in [5.74, 6) is -0.974. The summed E-state index contributed by atoms with van der Waals surface area (Å²) in [5, 5.41) is 7.56. The summed E-state index contributed by atoms with van der Waals surface area (Å²) in [6.45, 7) is 15.3. The zero-order valence-corrected chi connectivity index (χ0v) is 16.2. The number of carbonyl (C=O) groups is 3. The normalized spacial score (nSPS) is 10.2. The van der Waals surface area contributed by atoms with Crippen LogP contribution in [0.1, 0.15) is 20.8 Å². The van der Waals surface area contributed by atoms with Crippen molar-refractivity contribution in [3.05, 3.63) is 36.5 Å². The number of carbonyl (C=O) groups excluding carboxylic acids is 3. The first-order chi connectivity index (χ1) is 12.6. The van der Waals surface area contributed by atoms with E-state index in [-0.39, 0.29) is 51.1 Å². The highest BCUT2D eigenvalue weighted by Crippen LogP contribution is 1.96. The highest BCUT2D eigenvalue weighted by Gasteiger charge is 2.12. The van der Waals surface area contributed by atoms with Crippen molar-refractivity contribution in [2.75, 3.05) is 33.4 Å². The van der Waals surface area contributed by atoms with Gasteiger partial charge in [-0.15, -0.1) is 0 Å². The topological polar surface area (TPSA) is 115 Å². The predicted molar refractivity (Wildman–Crippen MR) is 100 cm³/mol. The fraction of sp³-hybridized carbons (Fsp3) is 0.500. The molecule has 0 saturated carbocycles. The molecule has 3 amide bonds. The monoisotopic (exact) mass is 383 g/mol. The third kappa shape index (κ3) is 12.5. The third-order valence-electron chi connectivity index (χ3n) is 2.99. The summed E-state index contributed by atoms with van der Waals surface area (Å²) >= 11 is 0. The van der Waals surface area contributed by atoms with E-state index in [1.54, 1.807) is 20.8 Å². The van der Waals surface area contributed by atoms with Gasteiger partial charge in [0.25, 0.3) is 0 Å².